The highest BCUT2D eigenvalue weighted by Crippen LogP contribution is 2.25. The Kier molecular flexibility index (Phi) is 3.26. The highest BCUT2D eigenvalue weighted by molar-refractivity contribution is 6.16. The number of carbonyl (C=O) groups excluding carboxylic acids is 1. The topological polar surface area (TPSA) is 17.1 Å². The lowest BCUT2D eigenvalue weighted by Crippen LogP contribution is -2.04. The quantitative estimate of drug-likeness (QED) is 0.625. The average molecular weight is 282 g/mol. The van der Waals surface area contributed by atoms with Crippen molar-refractivity contribution in [1.29, 1.82) is 0 Å². The van der Waals surface area contributed by atoms with Gasteiger partial charge in [0.1, 0.15) is 0 Å². The maximum atomic E-state index is 13.3. The molecule has 104 valence electrons. The van der Waals surface area contributed by atoms with Crippen molar-refractivity contribution >= 4 is 16.6 Å². The van der Waals surface area contributed by atoms with Gasteiger partial charge < -0.3 is 0 Å². The summed E-state index contributed by atoms with van der Waals surface area (Å²) in [5.41, 5.74) is 1.69. The summed E-state index contributed by atoms with van der Waals surface area (Å²) in [4.78, 5) is 12.5. The molecule has 21 heavy (non-hydrogen) atoms. The zero-order valence-corrected chi connectivity index (χ0v) is 11.4. The minimum absolute atomic E-state index is 0.142. The van der Waals surface area contributed by atoms with E-state index >= 15 is 0 Å². The first-order chi connectivity index (χ1) is 10.1. The molecule has 0 aromatic heterocycles. The normalized spacial score (nSPS) is 10.8. The number of rotatable bonds is 2. The number of carbonyl (C=O) groups is 1. The molecule has 0 radical (unpaired) electrons. The van der Waals surface area contributed by atoms with Gasteiger partial charge in [0, 0.05) is 11.1 Å². The van der Waals surface area contributed by atoms with Gasteiger partial charge >= 0.3 is 0 Å². The summed E-state index contributed by atoms with van der Waals surface area (Å²) in [7, 11) is 0. The van der Waals surface area contributed by atoms with E-state index in [1.54, 1.807) is 6.07 Å². The lowest BCUT2D eigenvalue weighted by molar-refractivity contribution is 0.103. The first-order valence-electron chi connectivity index (χ1n) is 6.56. The van der Waals surface area contributed by atoms with E-state index in [9.17, 15) is 13.6 Å². The molecule has 0 fully saturated rings. The molecule has 3 aromatic carbocycles. The van der Waals surface area contributed by atoms with Crippen molar-refractivity contribution in [1.82, 2.24) is 0 Å². The fourth-order valence-corrected chi connectivity index (χ4v) is 2.44. The third kappa shape index (κ3) is 2.31. The van der Waals surface area contributed by atoms with Crippen molar-refractivity contribution in [2.45, 2.75) is 6.92 Å². The Morgan fingerprint density at radius 2 is 1.57 bits per heavy atom. The second-order valence-corrected chi connectivity index (χ2v) is 4.93. The predicted molar refractivity (Wildman–Crippen MR) is 78.5 cm³/mol. The Bertz CT molecular complexity index is 853. The molecule has 0 unspecified atom stereocenters. The van der Waals surface area contributed by atoms with E-state index < -0.39 is 11.6 Å². The van der Waals surface area contributed by atoms with Crippen LogP contribution in [0, 0.1) is 18.6 Å². The van der Waals surface area contributed by atoms with Gasteiger partial charge in [-0.05, 0) is 41.5 Å². The summed E-state index contributed by atoms with van der Waals surface area (Å²) in [6.07, 6.45) is 0. The highest BCUT2D eigenvalue weighted by Gasteiger charge is 2.15. The molecule has 0 heterocycles. The largest absolute Gasteiger partial charge is 0.289 e. The third-order valence-electron chi connectivity index (χ3n) is 3.57. The summed E-state index contributed by atoms with van der Waals surface area (Å²) < 4.78 is 26.3. The van der Waals surface area contributed by atoms with Crippen LogP contribution in [0.1, 0.15) is 21.5 Å². The molecule has 3 rings (SSSR count). The van der Waals surface area contributed by atoms with Crippen LogP contribution in [0.2, 0.25) is 0 Å². The highest BCUT2D eigenvalue weighted by atomic mass is 19.2. The van der Waals surface area contributed by atoms with E-state index in [0.717, 1.165) is 28.5 Å². The van der Waals surface area contributed by atoms with E-state index in [4.69, 9.17) is 0 Å². The number of ketones is 1. The molecule has 3 heteroatoms. The molecule has 1 nitrogen and oxygen atoms in total. The van der Waals surface area contributed by atoms with Crippen molar-refractivity contribution in [3.8, 4) is 0 Å². The second-order valence-electron chi connectivity index (χ2n) is 4.93. The number of halogens is 2. The van der Waals surface area contributed by atoms with Crippen LogP contribution in [0.3, 0.4) is 0 Å². The van der Waals surface area contributed by atoms with E-state index in [1.165, 1.54) is 6.07 Å². The molecule has 0 bridgehead atoms. The van der Waals surface area contributed by atoms with Crippen LogP contribution >= 0.6 is 0 Å². The van der Waals surface area contributed by atoms with Gasteiger partial charge in [-0.2, -0.15) is 0 Å². The summed E-state index contributed by atoms with van der Waals surface area (Å²) in [5.74, 6) is -2.29. The number of hydrogen-bond acceptors (Lipinski definition) is 1. The Morgan fingerprint density at radius 1 is 0.857 bits per heavy atom. The zero-order valence-electron chi connectivity index (χ0n) is 11.4. The van der Waals surface area contributed by atoms with Gasteiger partial charge in [0.25, 0.3) is 0 Å². The van der Waals surface area contributed by atoms with Gasteiger partial charge in [-0.3, -0.25) is 4.79 Å². The number of hydrogen-bond donors (Lipinski definition) is 0. The first-order valence-corrected chi connectivity index (χ1v) is 6.56. The maximum Gasteiger partial charge on any atom is 0.193 e. The second kappa shape index (κ2) is 5.09. The minimum atomic E-state index is -1.02. The minimum Gasteiger partial charge on any atom is -0.289 e. The van der Waals surface area contributed by atoms with E-state index in [0.29, 0.717) is 5.56 Å². The van der Waals surface area contributed by atoms with Crippen molar-refractivity contribution in [2.75, 3.05) is 0 Å². The number of fused-ring (bicyclic) bond motifs is 1. The molecule has 0 saturated heterocycles. The molecule has 0 aliphatic carbocycles. The van der Waals surface area contributed by atoms with Gasteiger partial charge in [-0.1, -0.05) is 36.4 Å². The standard InChI is InChI=1S/C18H12F2O/c1-11-6-8-15(14-5-3-2-4-13(11)14)18(21)12-7-9-16(19)17(20)10-12/h2-10H,1H3. The van der Waals surface area contributed by atoms with Crippen molar-refractivity contribution in [3.05, 3.63) is 82.9 Å². The number of benzene rings is 3. The zero-order chi connectivity index (χ0) is 15.0. The fraction of sp³-hybridized carbons (Fsp3) is 0.0556. The van der Waals surface area contributed by atoms with Crippen LogP contribution in [0.15, 0.2) is 54.6 Å². The maximum absolute atomic E-state index is 13.3. The molecular weight excluding hydrogens is 270 g/mol. The van der Waals surface area contributed by atoms with Crippen LogP contribution in [0.25, 0.3) is 10.8 Å². The Morgan fingerprint density at radius 3 is 2.29 bits per heavy atom. The molecule has 0 amide bonds. The molecule has 3 aromatic rings. The van der Waals surface area contributed by atoms with Gasteiger partial charge in [-0.25, -0.2) is 8.78 Å². The molecule has 0 spiro atoms. The van der Waals surface area contributed by atoms with Gasteiger partial charge in [0.15, 0.2) is 17.4 Å². The average Bonchev–Trinajstić information content (AvgIpc) is 2.50. The Labute approximate surface area is 120 Å². The molecule has 0 N–H and O–H groups in total. The van der Waals surface area contributed by atoms with Crippen LogP contribution in [0.5, 0.6) is 0 Å². The Balaban J connectivity index is 2.18. The van der Waals surface area contributed by atoms with Gasteiger partial charge in [0.2, 0.25) is 0 Å². The Hall–Kier alpha value is -2.55. The lowest BCUT2D eigenvalue weighted by Gasteiger charge is -2.08. The predicted octanol–water partition coefficient (Wildman–Crippen LogP) is 4.66. The van der Waals surface area contributed by atoms with Gasteiger partial charge in [0.05, 0.1) is 0 Å². The van der Waals surface area contributed by atoms with Crippen molar-refractivity contribution in [3.63, 3.8) is 0 Å². The summed E-state index contributed by atoms with van der Waals surface area (Å²) in [6.45, 7) is 1.97. The number of aryl methyl sites for hydroxylation is 1. The van der Waals surface area contributed by atoms with Crippen molar-refractivity contribution < 1.29 is 13.6 Å². The summed E-state index contributed by atoms with van der Waals surface area (Å²) in [6, 6.07) is 14.3. The van der Waals surface area contributed by atoms with Crippen LogP contribution in [0.4, 0.5) is 8.78 Å². The smallest absolute Gasteiger partial charge is 0.193 e. The van der Waals surface area contributed by atoms with Crippen LogP contribution in [-0.4, -0.2) is 5.78 Å². The summed E-state index contributed by atoms with van der Waals surface area (Å²) in [5, 5.41) is 1.79. The van der Waals surface area contributed by atoms with E-state index in [2.05, 4.69) is 0 Å². The SMILES string of the molecule is Cc1ccc(C(=O)c2ccc(F)c(F)c2)c2ccccc12. The van der Waals surface area contributed by atoms with Crippen LogP contribution < -0.4 is 0 Å². The van der Waals surface area contributed by atoms with Gasteiger partial charge in [-0.15, -0.1) is 0 Å². The lowest BCUT2D eigenvalue weighted by atomic mass is 9.95. The molecule has 0 aliphatic rings. The summed E-state index contributed by atoms with van der Waals surface area (Å²) >= 11 is 0. The molecule has 0 aliphatic heterocycles. The molecule has 0 saturated carbocycles. The fourth-order valence-electron chi connectivity index (χ4n) is 2.44. The van der Waals surface area contributed by atoms with Crippen molar-refractivity contribution in [2.24, 2.45) is 0 Å². The first kappa shape index (κ1) is 13.4. The monoisotopic (exact) mass is 282 g/mol. The molecule has 0 atom stereocenters. The molecular formula is C18H12F2O. The van der Waals surface area contributed by atoms with Crippen LogP contribution in [-0.2, 0) is 0 Å². The third-order valence-corrected chi connectivity index (χ3v) is 3.57. The van der Waals surface area contributed by atoms with E-state index in [1.807, 2.05) is 37.3 Å². The van der Waals surface area contributed by atoms with E-state index in [-0.39, 0.29) is 11.3 Å².